The van der Waals surface area contributed by atoms with E-state index in [-0.39, 0.29) is 0 Å². The van der Waals surface area contributed by atoms with Gasteiger partial charge >= 0.3 is 0 Å². The van der Waals surface area contributed by atoms with Crippen molar-refractivity contribution in [2.45, 2.75) is 19.8 Å². The molecule has 1 unspecified atom stereocenters. The smallest absolute Gasteiger partial charge is 0.00474 e. The highest BCUT2D eigenvalue weighted by atomic mass is 15.1. The standard InChI is InChI=1S/C8H18N2/c1-3-8(6-9)4-5-10(2)7-8/h3-7,9H2,1-2H3. The molecule has 0 radical (unpaired) electrons. The van der Waals surface area contributed by atoms with Crippen molar-refractivity contribution in [2.75, 3.05) is 26.7 Å². The van der Waals surface area contributed by atoms with E-state index in [1.807, 2.05) is 0 Å². The van der Waals surface area contributed by atoms with Crippen LogP contribution in [0.4, 0.5) is 0 Å². The van der Waals surface area contributed by atoms with Crippen molar-refractivity contribution in [3.05, 3.63) is 0 Å². The normalized spacial score (nSPS) is 35.1. The third kappa shape index (κ3) is 1.32. The Morgan fingerprint density at radius 1 is 1.60 bits per heavy atom. The third-order valence-electron chi connectivity index (χ3n) is 2.81. The SMILES string of the molecule is CCC1(CN)CCN(C)C1. The maximum atomic E-state index is 5.71. The van der Waals surface area contributed by atoms with Gasteiger partial charge in [0.2, 0.25) is 0 Å². The molecule has 1 aliphatic rings. The van der Waals surface area contributed by atoms with Gasteiger partial charge in [0.25, 0.3) is 0 Å². The van der Waals surface area contributed by atoms with E-state index in [0.29, 0.717) is 5.41 Å². The summed E-state index contributed by atoms with van der Waals surface area (Å²) in [5, 5.41) is 0. The van der Waals surface area contributed by atoms with Gasteiger partial charge in [-0.05, 0) is 38.4 Å². The monoisotopic (exact) mass is 142 g/mol. The van der Waals surface area contributed by atoms with Crippen LogP contribution in [0.5, 0.6) is 0 Å². The molecule has 1 atom stereocenters. The zero-order valence-corrected chi connectivity index (χ0v) is 7.06. The highest BCUT2D eigenvalue weighted by Gasteiger charge is 2.33. The second kappa shape index (κ2) is 2.89. The van der Waals surface area contributed by atoms with Crippen LogP contribution in [0.25, 0.3) is 0 Å². The Morgan fingerprint density at radius 2 is 2.30 bits per heavy atom. The van der Waals surface area contributed by atoms with E-state index >= 15 is 0 Å². The van der Waals surface area contributed by atoms with E-state index in [2.05, 4.69) is 18.9 Å². The summed E-state index contributed by atoms with van der Waals surface area (Å²) >= 11 is 0. The van der Waals surface area contributed by atoms with Crippen molar-refractivity contribution in [3.8, 4) is 0 Å². The van der Waals surface area contributed by atoms with E-state index in [1.54, 1.807) is 0 Å². The first-order valence-corrected chi connectivity index (χ1v) is 4.11. The summed E-state index contributed by atoms with van der Waals surface area (Å²) in [5.74, 6) is 0. The molecule has 1 fully saturated rings. The Morgan fingerprint density at radius 3 is 2.50 bits per heavy atom. The predicted molar refractivity (Wildman–Crippen MR) is 43.9 cm³/mol. The van der Waals surface area contributed by atoms with Crippen LogP contribution < -0.4 is 5.73 Å². The molecule has 0 aromatic carbocycles. The second-order valence-corrected chi connectivity index (χ2v) is 3.55. The van der Waals surface area contributed by atoms with Crippen molar-refractivity contribution in [2.24, 2.45) is 11.1 Å². The Bertz CT molecular complexity index is 108. The quantitative estimate of drug-likeness (QED) is 0.614. The van der Waals surface area contributed by atoms with Gasteiger partial charge in [-0.25, -0.2) is 0 Å². The molecule has 10 heavy (non-hydrogen) atoms. The summed E-state index contributed by atoms with van der Waals surface area (Å²) in [5.41, 5.74) is 6.17. The summed E-state index contributed by atoms with van der Waals surface area (Å²) in [7, 11) is 2.17. The van der Waals surface area contributed by atoms with Gasteiger partial charge in [0.15, 0.2) is 0 Å². The lowest BCUT2D eigenvalue weighted by atomic mass is 9.85. The van der Waals surface area contributed by atoms with Crippen molar-refractivity contribution in [3.63, 3.8) is 0 Å². The summed E-state index contributed by atoms with van der Waals surface area (Å²) < 4.78 is 0. The van der Waals surface area contributed by atoms with Crippen LogP contribution >= 0.6 is 0 Å². The number of hydrogen-bond acceptors (Lipinski definition) is 2. The van der Waals surface area contributed by atoms with Gasteiger partial charge in [-0.3, -0.25) is 0 Å². The Labute approximate surface area is 63.4 Å². The number of rotatable bonds is 2. The number of likely N-dealkylation sites (tertiary alicyclic amines) is 1. The van der Waals surface area contributed by atoms with Gasteiger partial charge in [-0.15, -0.1) is 0 Å². The molecule has 2 nitrogen and oxygen atoms in total. The molecule has 0 aromatic heterocycles. The number of nitrogens with two attached hydrogens (primary N) is 1. The topological polar surface area (TPSA) is 29.3 Å². The molecule has 1 saturated heterocycles. The number of nitrogens with zero attached hydrogens (tertiary/aromatic N) is 1. The molecule has 0 bridgehead atoms. The molecular formula is C8H18N2. The molecule has 0 spiro atoms. The fourth-order valence-corrected chi connectivity index (χ4v) is 1.76. The van der Waals surface area contributed by atoms with E-state index < -0.39 is 0 Å². The van der Waals surface area contributed by atoms with Crippen LogP contribution in [0.3, 0.4) is 0 Å². The van der Waals surface area contributed by atoms with E-state index in [1.165, 1.54) is 25.9 Å². The van der Waals surface area contributed by atoms with Crippen molar-refractivity contribution in [1.29, 1.82) is 0 Å². The van der Waals surface area contributed by atoms with Crippen molar-refractivity contribution in [1.82, 2.24) is 4.90 Å². The Hall–Kier alpha value is -0.0800. The number of hydrogen-bond donors (Lipinski definition) is 1. The Balaban J connectivity index is 2.51. The summed E-state index contributed by atoms with van der Waals surface area (Å²) in [6.45, 7) is 5.52. The average Bonchev–Trinajstić information content (AvgIpc) is 2.33. The van der Waals surface area contributed by atoms with Crippen LogP contribution in [-0.2, 0) is 0 Å². The van der Waals surface area contributed by atoms with E-state index in [9.17, 15) is 0 Å². The second-order valence-electron chi connectivity index (χ2n) is 3.55. The highest BCUT2D eigenvalue weighted by Crippen LogP contribution is 2.31. The first-order chi connectivity index (χ1) is 4.72. The van der Waals surface area contributed by atoms with Gasteiger partial charge in [-0.1, -0.05) is 6.92 Å². The highest BCUT2D eigenvalue weighted by molar-refractivity contribution is 4.88. The van der Waals surface area contributed by atoms with Crippen molar-refractivity contribution >= 4 is 0 Å². The van der Waals surface area contributed by atoms with Crippen LogP contribution in [0.1, 0.15) is 19.8 Å². The van der Waals surface area contributed by atoms with E-state index in [4.69, 9.17) is 5.73 Å². The molecule has 2 N–H and O–H groups in total. The maximum absolute atomic E-state index is 5.71. The predicted octanol–water partition coefficient (Wildman–Crippen LogP) is 0.677. The summed E-state index contributed by atoms with van der Waals surface area (Å²) in [6, 6.07) is 0. The fourth-order valence-electron chi connectivity index (χ4n) is 1.76. The summed E-state index contributed by atoms with van der Waals surface area (Å²) in [4.78, 5) is 2.37. The zero-order chi connectivity index (χ0) is 7.61. The van der Waals surface area contributed by atoms with Gasteiger partial charge in [0, 0.05) is 6.54 Å². The molecule has 60 valence electrons. The van der Waals surface area contributed by atoms with Crippen LogP contribution in [0, 0.1) is 5.41 Å². The lowest BCUT2D eigenvalue weighted by molar-refractivity contribution is 0.280. The first kappa shape index (κ1) is 8.02. The van der Waals surface area contributed by atoms with Gasteiger partial charge in [0.1, 0.15) is 0 Å². The molecule has 0 amide bonds. The minimum absolute atomic E-state index is 0.453. The van der Waals surface area contributed by atoms with Crippen molar-refractivity contribution < 1.29 is 0 Å². The molecule has 0 saturated carbocycles. The molecule has 1 aliphatic heterocycles. The minimum atomic E-state index is 0.453. The minimum Gasteiger partial charge on any atom is -0.330 e. The largest absolute Gasteiger partial charge is 0.330 e. The first-order valence-electron chi connectivity index (χ1n) is 4.11. The molecule has 1 rings (SSSR count). The van der Waals surface area contributed by atoms with Crippen LogP contribution in [-0.4, -0.2) is 31.6 Å². The van der Waals surface area contributed by atoms with E-state index in [0.717, 1.165) is 6.54 Å². The molecule has 2 heteroatoms. The third-order valence-corrected chi connectivity index (χ3v) is 2.81. The summed E-state index contributed by atoms with van der Waals surface area (Å²) in [6.07, 6.45) is 2.52. The average molecular weight is 142 g/mol. The van der Waals surface area contributed by atoms with Gasteiger partial charge in [0.05, 0.1) is 0 Å². The molecule has 1 heterocycles. The lowest BCUT2D eigenvalue weighted by Gasteiger charge is -2.24. The maximum Gasteiger partial charge on any atom is 0.00474 e. The molecular weight excluding hydrogens is 124 g/mol. The molecule has 0 aliphatic carbocycles. The Kier molecular flexibility index (Phi) is 2.32. The van der Waals surface area contributed by atoms with Crippen LogP contribution in [0.2, 0.25) is 0 Å². The zero-order valence-electron chi connectivity index (χ0n) is 7.06. The van der Waals surface area contributed by atoms with Gasteiger partial charge < -0.3 is 10.6 Å². The van der Waals surface area contributed by atoms with Crippen LogP contribution in [0.15, 0.2) is 0 Å². The molecule has 0 aromatic rings. The fraction of sp³-hybridized carbons (Fsp3) is 1.00. The lowest BCUT2D eigenvalue weighted by Crippen LogP contribution is -2.32. The van der Waals surface area contributed by atoms with Gasteiger partial charge in [-0.2, -0.15) is 0 Å².